The normalized spacial score (nSPS) is 19.5. The van der Waals surface area contributed by atoms with Crippen LogP contribution in [0.4, 0.5) is 10.6 Å². The molecule has 3 N–H and O–H groups in total. The zero-order valence-corrected chi connectivity index (χ0v) is 11.6. The third-order valence-electron chi connectivity index (χ3n) is 4.26. The molecule has 0 atom stereocenters. The Bertz CT molecular complexity index is 498. The molecule has 0 bridgehead atoms. The van der Waals surface area contributed by atoms with E-state index < -0.39 is 0 Å². The third-order valence-corrected chi connectivity index (χ3v) is 4.26. The predicted molar refractivity (Wildman–Crippen MR) is 76.0 cm³/mol. The molecule has 1 saturated carbocycles. The largest absolute Gasteiger partial charge is 0.383 e. The highest BCUT2D eigenvalue weighted by Gasteiger charge is 2.25. The Morgan fingerprint density at radius 1 is 1.30 bits per heavy atom. The summed E-state index contributed by atoms with van der Waals surface area (Å²) in [5.41, 5.74) is 7.75. The first-order chi connectivity index (χ1) is 9.74. The highest BCUT2D eigenvalue weighted by atomic mass is 16.2. The fraction of sp³-hybridized carbons (Fsp3) is 0.643. The van der Waals surface area contributed by atoms with Crippen LogP contribution >= 0.6 is 0 Å². The quantitative estimate of drug-likeness (QED) is 0.812. The van der Waals surface area contributed by atoms with Gasteiger partial charge in [-0.2, -0.15) is 0 Å². The minimum atomic E-state index is 0.0193. The number of urea groups is 1. The Balaban J connectivity index is 1.64. The van der Waals surface area contributed by atoms with E-state index in [9.17, 15) is 4.79 Å². The van der Waals surface area contributed by atoms with Crippen LogP contribution in [-0.4, -0.2) is 33.5 Å². The average molecular weight is 275 g/mol. The van der Waals surface area contributed by atoms with Gasteiger partial charge in [-0.15, -0.1) is 0 Å². The molecule has 6 nitrogen and oxygen atoms in total. The van der Waals surface area contributed by atoms with Crippen molar-refractivity contribution in [3.63, 3.8) is 0 Å². The number of aromatic nitrogens is 2. The van der Waals surface area contributed by atoms with Crippen molar-refractivity contribution in [2.45, 2.75) is 51.1 Å². The second kappa shape index (κ2) is 5.64. The van der Waals surface area contributed by atoms with E-state index >= 15 is 0 Å². The van der Waals surface area contributed by atoms with Gasteiger partial charge < -0.3 is 16.0 Å². The third kappa shape index (κ3) is 2.69. The zero-order chi connectivity index (χ0) is 13.9. The fourth-order valence-corrected chi connectivity index (χ4v) is 3.05. The molecule has 6 heteroatoms. The summed E-state index contributed by atoms with van der Waals surface area (Å²) in [6.45, 7) is 1.21. The van der Waals surface area contributed by atoms with Gasteiger partial charge >= 0.3 is 6.03 Å². The summed E-state index contributed by atoms with van der Waals surface area (Å²) >= 11 is 0. The number of hydrogen-bond donors (Lipinski definition) is 2. The molecule has 3 rings (SSSR count). The van der Waals surface area contributed by atoms with Crippen LogP contribution in [0, 0.1) is 0 Å². The van der Waals surface area contributed by atoms with Crippen molar-refractivity contribution in [2.24, 2.45) is 0 Å². The van der Waals surface area contributed by atoms with E-state index in [-0.39, 0.29) is 6.03 Å². The lowest BCUT2D eigenvalue weighted by molar-refractivity contribution is 0.184. The van der Waals surface area contributed by atoms with Crippen molar-refractivity contribution in [2.75, 3.05) is 12.3 Å². The number of nitrogens with zero attached hydrogens (tertiary/aromatic N) is 3. The van der Waals surface area contributed by atoms with Crippen molar-refractivity contribution >= 4 is 11.8 Å². The highest BCUT2D eigenvalue weighted by molar-refractivity contribution is 5.75. The number of nitrogens with one attached hydrogen (secondary N) is 1. The van der Waals surface area contributed by atoms with Crippen LogP contribution in [0.3, 0.4) is 0 Å². The number of rotatable bonds is 1. The molecule has 2 amide bonds. The van der Waals surface area contributed by atoms with E-state index in [4.69, 9.17) is 5.73 Å². The minimum Gasteiger partial charge on any atom is -0.383 e. The molecular formula is C14H21N5O. The maximum Gasteiger partial charge on any atom is 0.317 e. The van der Waals surface area contributed by atoms with Crippen LogP contribution < -0.4 is 11.1 Å². The monoisotopic (exact) mass is 275 g/mol. The molecule has 0 spiro atoms. The van der Waals surface area contributed by atoms with Crippen LogP contribution in [0.5, 0.6) is 0 Å². The first-order valence-electron chi connectivity index (χ1n) is 7.37. The van der Waals surface area contributed by atoms with Gasteiger partial charge in [0.15, 0.2) is 0 Å². The van der Waals surface area contributed by atoms with Gasteiger partial charge in [0, 0.05) is 24.6 Å². The molecule has 108 valence electrons. The number of nitrogen functional groups attached to an aromatic ring is 1. The van der Waals surface area contributed by atoms with Gasteiger partial charge in [0.25, 0.3) is 0 Å². The van der Waals surface area contributed by atoms with E-state index in [2.05, 4.69) is 15.3 Å². The van der Waals surface area contributed by atoms with E-state index in [0.29, 0.717) is 24.9 Å². The molecule has 1 aromatic rings. The highest BCUT2D eigenvalue weighted by Crippen LogP contribution is 2.22. The number of amides is 2. The van der Waals surface area contributed by atoms with Gasteiger partial charge in [0.05, 0.1) is 12.2 Å². The van der Waals surface area contributed by atoms with Crippen molar-refractivity contribution < 1.29 is 4.79 Å². The summed E-state index contributed by atoms with van der Waals surface area (Å²) in [4.78, 5) is 22.4. The lowest BCUT2D eigenvalue weighted by atomic mass is 9.95. The minimum absolute atomic E-state index is 0.0193. The molecule has 1 aliphatic heterocycles. The Hall–Kier alpha value is -1.85. The first kappa shape index (κ1) is 13.1. The predicted octanol–water partition coefficient (Wildman–Crippen LogP) is 1.46. The van der Waals surface area contributed by atoms with Crippen LogP contribution in [0.15, 0.2) is 6.33 Å². The second-order valence-electron chi connectivity index (χ2n) is 5.64. The molecule has 0 saturated heterocycles. The zero-order valence-electron chi connectivity index (χ0n) is 11.6. The summed E-state index contributed by atoms with van der Waals surface area (Å²) in [6, 6.07) is 0.354. The molecule has 20 heavy (non-hydrogen) atoms. The molecule has 1 fully saturated rings. The van der Waals surface area contributed by atoms with Gasteiger partial charge in [-0.25, -0.2) is 14.8 Å². The molecule has 0 aromatic carbocycles. The van der Waals surface area contributed by atoms with Crippen LogP contribution in [0.25, 0.3) is 0 Å². The van der Waals surface area contributed by atoms with Crippen LogP contribution in [0.2, 0.25) is 0 Å². The number of carbonyl (C=O) groups is 1. The van der Waals surface area contributed by atoms with E-state index in [0.717, 1.165) is 30.5 Å². The Labute approximate surface area is 118 Å². The Morgan fingerprint density at radius 3 is 2.90 bits per heavy atom. The van der Waals surface area contributed by atoms with E-state index in [1.54, 1.807) is 0 Å². The number of nitrogens with two attached hydrogens (primary N) is 1. The lowest BCUT2D eigenvalue weighted by Crippen LogP contribution is -2.47. The van der Waals surface area contributed by atoms with Crippen molar-refractivity contribution in [1.29, 1.82) is 0 Å². The summed E-state index contributed by atoms with van der Waals surface area (Å²) < 4.78 is 0. The van der Waals surface area contributed by atoms with Crippen LogP contribution in [0.1, 0.15) is 43.4 Å². The smallest absolute Gasteiger partial charge is 0.317 e. The van der Waals surface area contributed by atoms with Crippen molar-refractivity contribution in [3.8, 4) is 0 Å². The molecule has 2 aliphatic rings. The van der Waals surface area contributed by atoms with Gasteiger partial charge in [0.1, 0.15) is 12.1 Å². The van der Waals surface area contributed by atoms with Gasteiger partial charge in [0.2, 0.25) is 0 Å². The van der Waals surface area contributed by atoms with E-state index in [1.807, 2.05) is 4.90 Å². The summed E-state index contributed by atoms with van der Waals surface area (Å²) in [6.07, 6.45) is 8.16. The standard InChI is InChI=1S/C14H21N5O/c15-13-11-8-19(7-6-12(11)16-9-17-13)14(20)18-10-4-2-1-3-5-10/h9-10H,1-8H2,(H,18,20)(H2,15,16,17). The summed E-state index contributed by atoms with van der Waals surface area (Å²) in [5, 5.41) is 3.14. The molecule has 0 unspecified atom stereocenters. The number of anilines is 1. The van der Waals surface area contributed by atoms with Gasteiger partial charge in [-0.1, -0.05) is 19.3 Å². The number of fused-ring (bicyclic) bond motifs is 1. The number of hydrogen-bond acceptors (Lipinski definition) is 4. The molecular weight excluding hydrogens is 254 g/mol. The molecule has 1 aromatic heterocycles. The fourth-order valence-electron chi connectivity index (χ4n) is 3.05. The first-order valence-corrected chi connectivity index (χ1v) is 7.37. The van der Waals surface area contributed by atoms with Gasteiger partial charge in [-0.05, 0) is 12.8 Å². The molecule has 2 heterocycles. The molecule has 0 radical (unpaired) electrons. The summed E-state index contributed by atoms with van der Waals surface area (Å²) in [7, 11) is 0. The maximum absolute atomic E-state index is 12.3. The van der Waals surface area contributed by atoms with Gasteiger partial charge in [-0.3, -0.25) is 0 Å². The maximum atomic E-state index is 12.3. The van der Waals surface area contributed by atoms with Crippen molar-refractivity contribution in [1.82, 2.24) is 20.2 Å². The lowest BCUT2D eigenvalue weighted by Gasteiger charge is -2.31. The summed E-state index contributed by atoms with van der Waals surface area (Å²) in [5.74, 6) is 0.491. The van der Waals surface area contributed by atoms with Crippen LogP contribution in [-0.2, 0) is 13.0 Å². The number of carbonyl (C=O) groups excluding carboxylic acids is 1. The average Bonchev–Trinajstić information content (AvgIpc) is 2.48. The van der Waals surface area contributed by atoms with Crippen molar-refractivity contribution in [3.05, 3.63) is 17.6 Å². The van der Waals surface area contributed by atoms with E-state index in [1.165, 1.54) is 25.6 Å². The molecule has 1 aliphatic carbocycles. The SMILES string of the molecule is Nc1ncnc2c1CN(C(=O)NC1CCCCC1)CC2. The Kier molecular flexibility index (Phi) is 3.71. The second-order valence-corrected chi connectivity index (χ2v) is 5.64. The topological polar surface area (TPSA) is 84.1 Å². The Morgan fingerprint density at radius 2 is 2.10 bits per heavy atom.